The molecule has 1 aliphatic rings. The Bertz CT molecular complexity index is 1240. The summed E-state index contributed by atoms with van der Waals surface area (Å²) in [6.45, 7) is 1.03. The van der Waals surface area contributed by atoms with E-state index in [0.29, 0.717) is 15.8 Å². The number of hydrogen-bond acceptors (Lipinski definition) is 2. The Morgan fingerprint density at radius 3 is 2.31 bits per heavy atom. The van der Waals surface area contributed by atoms with Crippen LogP contribution in [0.3, 0.4) is 0 Å². The Morgan fingerprint density at radius 2 is 1.66 bits per heavy atom. The lowest BCUT2D eigenvalue weighted by molar-refractivity contribution is -0.186. The number of carbonyl (C=O) groups excluding carboxylic acids is 2. The second-order valence-electron chi connectivity index (χ2n) is 7.60. The van der Waals surface area contributed by atoms with Crippen LogP contribution in [0, 0.1) is 6.92 Å². The summed E-state index contributed by atoms with van der Waals surface area (Å²) >= 11 is 0. The topological polar surface area (TPSA) is 42.3 Å². The van der Waals surface area contributed by atoms with Gasteiger partial charge in [0.2, 0.25) is 0 Å². The van der Waals surface area contributed by atoms with Crippen molar-refractivity contribution in [1.82, 2.24) is 9.47 Å². The van der Waals surface area contributed by atoms with Gasteiger partial charge < -0.3 is 4.90 Å². The first-order valence-electron chi connectivity index (χ1n) is 9.59. The summed E-state index contributed by atoms with van der Waals surface area (Å²) in [6.07, 6.45) is -9.86. The maximum absolute atomic E-state index is 13.5. The van der Waals surface area contributed by atoms with Crippen molar-refractivity contribution in [3.8, 4) is 0 Å². The number of fused-ring (bicyclic) bond motifs is 3. The van der Waals surface area contributed by atoms with E-state index in [4.69, 9.17) is 0 Å². The molecule has 2 heterocycles. The molecule has 3 aromatic rings. The Hall–Kier alpha value is -3.30. The summed E-state index contributed by atoms with van der Waals surface area (Å²) in [6, 6.07) is 9.17. The van der Waals surface area contributed by atoms with Crippen LogP contribution in [-0.2, 0) is 23.9 Å². The zero-order chi connectivity index (χ0) is 23.4. The first kappa shape index (κ1) is 21.9. The summed E-state index contributed by atoms with van der Waals surface area (Å²) in [4.78, 5) is 25.7. The monoisotopic (exact) mass is 454 g/mol. The number of alkyl halides is 6. The van der Waals surface area contributed by atoms with Crippen molar-refractivity contribution in [1.29, 1.82) is 0 Å². The largest absolute Gasteiger partial charge is 0.471 e. The Kier molecular flexibility index (Phi) is 5.06. The third kappa shape index (κ3) is 3.63. The number of aromatic nitrogens is 1. The molecular weight excluding hydrogens is 438 g/mol. The predicted octanol–water partition coefficient (Wildman–Crippen LogP) is 5.10. The van der Waals surface area contributed by atoms with Crippen molar-refractivity contribution in [2.24, 2.45) is 0 Å². The molecular formula is C22H16F6N2O2. The van der Waals surface area contributed by atoms with Gasteiger partial charge in [0, 0.05) is 17.6 Å². The lowest BCUT2D eigenvalue weighted by atomic mass is 10.0. The molecule has 0 N–H and O–H groups in total. The SMILES string of the molecule is Cc1ccc2c(c1)c1c(n2C(=O)c2ccccc2C(F)(F)F)CN(C(=O)C(F)(F)F)CC1. The van der Waals surface area contributed by atoms with Crippen molar-refractivity contribution in [3.05, 3.63) is 70.4 Å². The van der Waals surface area contributed by atoms with Crippen molar-refractivity contribution in [2.45, 2.75) is 32.2 Å². The van der Waals surface area contributed by atoms with Gasteiger partial charge in [-0.3, -0.25) is 14.2 Å². The second kappa shape index (κ2) is 7.39. The molecule has 1 amide bonds. The number of nitrogens with zero attached hydrogens (tertiary/aromatic N) is 2. The fraction of sp³-hybridized carbons (Fsp3) is 0.273. The van der Waals surface area contributed by atoms with Crippen LogP contribution in [0.1, 0.15) is 32.7 Å². The van der Waals surface area contributed by atoms with Gasteiger partial charge >= 0.3 is 18.3 Å². The molecule has 1 aliphatic heterocycles. The molecule has 0 bridgehead atoms. The van der Waals surface area contributed by atoms with Gasteiger partial charge in [-0.1, -0.05) is 23.8 Å². The number of benzene rings is 2. The molecule has 1 aromatic heterocycles. The molecule has 10 heteroatoms. The van der Waals surface area contributed by atoms with E-state index >= 15 is 0 Å². The molecule has 168 valence electrons. The minimum atomic E-state index is -5.10. The summed E-state index contributed by atoms with van der Waals surface area (Å²) in [7, 11) is 0. The van der Waals surface area contributed by atoms with E-state index in [1.165, 1.54) is 6.07 Å². The third-order valence-corrected chi connectivity index (χ3v) is 5.50. The summed E-state index contributed by atoms with van der Waals surface area (Å²) in [5.74, 6) is -3.08. The van der Waals surface area contributed by atoms with E-state index in [9.17, 15) is 35.9 Å². The van der Waals surface area contributed by atoms with Gasteiger partial charge in [-0.2, -0.15) is 26.3 Å². The highest BCUT2D eigenvalue weighted by molar-refractivity contribution is 6.05. The van der Waals surface area contributed by atoms with Gasteiger partial charge in [-0.15, -0.1) is 0 Å². The minimum Gasteiger partial charge on any atom is -0.329 e. The van der Waals surface area contributed by atoms with Gasteiger partial charge in [0.15, 0.2) is 0 Å². The highest BCUT2D eigenvalue weighted by Gasteiger charge is 2.44. The molecule has 0 spiro atoms. The predicted molar refractivity (Wildman–Crippen MR) is 103 cm³/mol. The first-order chi connectivity index (χ1) is 14.9. The van der Waals surface area contributed by atoms with Crippen molar-refractivity contribution in [3.63, 3.8) is 0 Å². The molecule has 4 rings (SSSR count). The van der Waals surface area contributed by atoms with Crippen LogP contribution in [0.5, 0.6) is 0 Å². The molecule has 0 unspecified atom stereocenters. The molecule has 0 saturated heterocycles. The highest BCUT2D eigenvalue weighted by atomic mass is 19.4. The number of rotatable bonds is 1. The fourth-order valence-electron chi connectivity index (χ4n) is 4.10. The van der Waals surface area contributed by atoms with Crippen molar-refractivity contribution < 1.29 is 35.9 Å². The van der Waals surface area contributed by atoms with Crippen LogP contribution in [0.25, 0.3) is 10.9 Å². The van der Waals surface area contributed by atoms with Crippen molar-refractivity contribution in [2.75, 3.05) is 6.54 Å². The average molecular weight is 454 g/mol. The maximum atomic E-state index is 13.5. The lowest BCUT2D eigenvalue weighted by Crippen LogP contribution is -2.44. The van der Waals surface area contributed by atoms with E-state index in [2.05, 4.69) is 0 Å². The summed E-state index contributed by atoms with van der Waals surface area (Å²) < 4.78 is 80.5. The smallest absolute Gasteiger partial charge is 0.329 e. The third-order valence-electron chi connectivity index (χ3n) is 5.50. The van der Waals surface area contributed by atoms with Crippen molar-refractivity contribution >= 4 is 22.7 Å². The normalized spacial score (nSPS) is 14.5. The van der Waals surface area contributed by atoms with Gasteiger partial charge in [0.25, 0.3) is 5.91 Å². The quantitative estimate of drug-likeness (QED) is 0.480. The van der Waals surface area contributed by atoms with Crippen LogP contribution >= 0.6 is 0 Å². The second-order valence-corrected chi connectivity index (χ2v) is 7.60. The number of amides is 1. The Morgan fingerprint density at radius 1 is 0.969 bits per heavy atom. The average Bonchev–Trinajstić information content (AvgIpc) is 3.04. The van der Waals surface area contributed by atoms with E-state index in [1.54, 1.807) is 25.1 Å². The van der Waals surface area contributed by atoms with Crippen LogP contribution < -0.4 is 0 Å². The first-order valence-corrected chi connectivity index (χ1v) is 9.59. The molecule has 2 aromatic carbocycles. The maximum Gasteiger partial charge on any atom is 0.471 e. The number of aryl methyl sites for hydroxylation is 1. The van der Waals surface area contributed by atoms with E-state index in [0.717, 1.165) is 28.3 Å². The highest BCUT2D eigenvalue weighted by Crippen LogP contribution is 2.36. The molecule has 0 atom stereocenters. The Labute approximate surface area is 178 Å². The van der Waals surface area contributed by atoms with Crippen LogP contribution in [0.15, 0.2) is 42.5 Å². The molecule has 4 nitrogen and oxygen atoms in total. The number of hydrogen-bond donors (Lipinski definition) is 0. The van der Waals surface area contributed by atoms with E-state index in [1.807, 2.05) is 0 Å². The number of halogens is 6. The summed E-state index contributed by atoms with van der Waals surface area (Å²) in [5.41, 5.74) is -0.0474. The van der Waals surface area contributed by atoms with E-state index in [-0.39, 0.29) is 24.2 Å². The minimum absolute atomic E-state index is 0.0400. The lowest BCUT2D eigenvalue weighted by Gasteiger charge is -2.29. The Balaban J connectivity index is 1.92. The standard InChI is InChI=1S/C22H16F6N2O2/c1-12-6-7-17-15(10-12)13-8-9-29(20(32)22(26,27)28)11-18(13)30(17)19(31)14-4-2-3-5-16(14)21(23,24)25/h2-7,10H,8-9,11H2,1H3. The molecule has 32 heavy (non-hydrogen) atoms. The van der Waals surface area contributed by atoms with Gasteiger partial charge in [-0.25, -0.2) is 0 Å². The number of carbonyl (C=O) groups is 2. The summed E-state index contributed by atoms with van der Waals surface area (Å²) in [5, 5.41) is 0.567. The van der Waals surface area contributed by atoms with Gasteiger partial charge in [0.05, 0.1) is 23.2 Å². The molecule has 0 radical (unpaired) electrons. The molecule has 0 saturated carbocycles. The van der Waals surface area contributed by atoms with Gasteiger partial charge in [-0.05, 0) is 43.2 Å². The van der Waals surface area contributed by atoms with Crippen LogP contribution in [0.2, 0.25) is 0 Å². The fourth-order valence-corrected chi connectivity index (χ4v) is 4.10. The van der Waals surface area contributed by atoms with Crippen LogP contribution in [0.4, 0.5) is 26.3 Å². The zero-order valence-corrected chi connectivity index (χ0v) is 16.6. The van der Waals surface area contributed by atoms with Crippen LogP contribution in [-0.4, -0.2) is 34.0 Å². The molecule has 0 aliphatic carbocycles. The zero-order valence-electron chi connectivity index (χ0n) is 16.6. The molecule has 0 fully saturated rings. The van der Waals surface area contributed by atoms with E-state index < -0.39 is 41.8 Å². The van der Waals surface area contributed by atoms with Gasteiger partial charge in [0.1, 0.15) is 0 Å².